The van der Waals surface area contributed by atoms with Crippen molar-refractivity contribution >= 4 is 29.6 Å². The molecule has 3 N–H and O–H groups in total. The van der Waals surface area contributed by atoms with Crippen LogP contribution in [-0.2, 0) is 16.1 Å². The Balaban J connectivity index is 1.50. The number of ether oxygens (including phenoxy) is 2. The minimum Gasteiger partial charge on any atom is -0.497 e. The molecule has 35 heavy (non-hydrogen) atoms. The topological polar surface area (TPSA) is 131 Å². The van der Waals surface area contributed by atoms with Gasteiger partial charge in [-0.25, -0.2) is 5.43 Å². The molecular formula is C25H26N4O6. The number of anilines is 1. The van der Waals surface area contributed by atoms with Gasteiger partial charge in [-0.1, -0.05) is 6.07 Å². The van der Waals surface area contributed by atoms with Gasteiger partial charge in [0.15, 0.2) is 0 Å². The van der Waals surface area contributed by atoms with Crippen LogP contribution < -0.4 is 25.5 Å². The number of nitrogens with one attached hydrogen (secondary N) is 3. The SMILES string of the molecule is COc1cc(OC)cc(C(=O)N/N=C\c2ccc(CNC(=O)C(=O)Nc3ccc(C)c(C)c3)o2)c1. The number of benzene rings is 2. The van der Waals surface area contributed by atoms with E-state index in [4.69, 9.17) is 13.9 Å². The van der Waals surface area contributed by atoms with Crippen molar-refractivity contribution in [3.8, 4) is 11.5 Å². The van der Waals surface area contributed by atoms with E-state index in [2.05, 4.69) is 21.2 Å². The molecule has 3 aromatic rings. The molecule has 0 aliphatic heterocycles. The highest BCUT2D eigenvalue weighted by atomic mass is 16.5. The number of nitrogens with zero attached hydrogens (tertiary/aromatic N) is 1. The predicted octanol–water partition coefficient (Wildman–Crippen LogP) is 2.93. The third kappa shape index (κ3) is 6.94. The van der Waals surface area contributed by atoms with Crippen LogP contribution in [0.4, 0.5) is 5.69 Å². The Morgan fingerprint density at radius 3 is 2.29 bits per heavy atom. The molecule has 0 aliphatic rings. The zero-order valence-corrected chi connectivity index (χ0v) is 19.8. The van der Waals surface area contributed by atoms with Crippen LogP contribution in [0.15, 0.2) is 58.0 Å². The molecule has 0 fully saturated rings. The lowest BCUT2D eigenvalue weighted by Crippen LogP contribution is -2.34. The second-order valence-electron chi connectivity index (χ2n) is 7.54. The van der Waals surface area contributed by atoms with Crippen LogP contribution in [-0.4, -0.2) is 38.2 Å². The van der Waals surface area contributed by atoms with E-state index in [0.29, 0.717) is 34.3 Å². The molecule has 0 spiro atoms. The highest BCUT2D eigenvalue weighted by Gasteiger charge is 2.14. The van der Waals surface area contributed by atoms with Gasteiger partial charge in [-0.3, -0.25) is 14.4 Å². The maximum absolute atomic E-state index is 12.3. The maximum Gasteiger partial charge on any atom is 0.313 e. The van der Waals surface area contributed by atoms with Gasteiger partial charge in [-0.05, 0) is 61.4 Å². The van der Waals surface area contributed by atoms with Crippen molar-refractivity contribution in [1.82, 2.24) is 10.7 Å². The van der Waals surface area contributed by atoms with Crippen molar-refractivity contribution in [3.05, 3.63) is 76.7 Å². The number of furan rings is 1. The van der Waals surface area contributed by atoms with Gasteiger partial charge in [0, 0.05) is 17.3 Å². The van der Waals surface area contributed by atoms with Crippen LogP contribution in [0, 0.1) is 13.8 Å². The van der Waals surface area contributed by atoms with Crippen molar-refractivity contribution in [3.63, 3.8) is 0 Å². The Bertz CT molecular complexity index is 1240. The van der Waals surface area contributed by atoms with E-state index in [1.165, 1.54) is 20.4 Å². The molecule has 182 valence electrons. The molecule has 1 heterocycles. The van der Waals surface area contributed by atoms with E-state index in [-0.39, 0.29) is 6.54 Å². The summed E-state index contributed by atoms with van der Waals surface area (Å²) in [6.07, 6.45) is 1.31. The highest BCUT2D eigenvalue weighted by molar-refractivity contribution is 6.39. The molecule has 0 unspecified atom stereocenters. The van der Waals surface area contributed by atoms with Gasteiger partial charge in [-0.15, -0.1) is 0 Å². The molecule has 10 heteroatoms. The van der Waals surface area contributed by atoms with Crippen LogP contribution >= 0.6 is 0 Å². The summed E-state index contributed by atoms with van der Waals surface area (Å²) in [5.41, 5.74) is 5.33. The first-order valence-corrected chi connectivity index (χ1v) is 10.6. The Morgan fingerprint density at radius 2 is 1.63 bits per heavy atom. The lowest BCUT2D eigenvalue weighted by atomic mass is 10.1. The third-order valence-corrected chi connectivity index (χ3v) is 5.05. The normalized spacial score (nSPS) is 10.6. The fourth-order valence-electron chi connectivity index (χ4n) is 2.97. The second-order valence-corrected chi connectivity index (χ2v) is 7.54. The van der Waals surface area contributed by atoms with Gasteiger partial charge in [0.1, 0.15) is 23.0 Å². The van der Waals surface area contributed by atoms with Crippen molar-refractivity contribution in [2.24, 2.45) is 5.10 Å². The van der Waals surface area contributed by atoms with E-state index in [0.717, 1.165) is 11.1 Å². The molecule has 0 atom stereocenters. The minimum atomic E-state index is -0.796. The quantitative estimate of drug-likeness (QED) is 0.259. The number of rotatable bonds is 8. The number of hydrazone groups is 1. The predicted molar refractivity (Wildman–Crippen MR) is 130 cm³/mol. The van der Waals surface area contributed by atoms with Crippen molar-refractivity contribution in [2.45, 2.75) is 20.4 Å². The average molecular weight is 479 g/mol. The number of hydrogen-bond donors (Lipinski definition) is 3. The first kappa shape index (κ1) is 25.0. The number of hydrogen-bond acceptors (Lipinski definition) is 7. The zero-order valence-electron chi connectivity index (χ0n) is 19.8. The second kappa shape index (κ2) is 11.5. The first-order valence-electron chi connectivity index (χ1n) is 10.6. The van der Waals surface area contributed by atoms with Crippen LogP contribution in [0.2, 0.25) is 0 Å². The molecule has 10 nitrogen and oxygen atoms in total. The van der Waals surface area contributed by atoms with E-state index >= 15 is 0 Å². The summed E-state index contributed by atoms with van der Waals surface area (Å²) in [4.78, 5) is 36.5. The van der Waals surface area contributed by atoms with Crippen molar-refractivity contribution in [2.75, 3.05) is 19.5 Å². The summed E-state index contributed by atoms with van der Waals surface area (Å²) in [5.74, 6) is -0.348. The number of methoxy groups -OCH3 is 2. The molecule has 0 radical (unpaired) electrons. The Morgan fingerprint density at radius 1 is 0.914 bits per heavy atom. The summed E-state index contributed by atoms with van der Waals surface area (Å²) in [6, 6.07) is 13.4. The van der Waals surface area contributed by atoms with Crippen LogP contribution in [0.25, 0.3) is 0 Å². The summed E-state index contributed by atoms with van der Waals surface area (Å²) < 4.78 is 15.8. The largest absolute Gasteiger partial charge is 0.497 e. The van der Waals surface area contributed by atoms with Gasteiger partial charge >= 0.3 is 11.8 Å². The van der Waals surface area contributed by atoms with Crippen LogP contribution in [0.1, 0.15) is 33.0 Å². The third-order valence-electron chi connectivity index (χ3n) is 5.05. The zero-order chi connectivity index (χ0) is 25.4. The number of amides is 3. The summed E-state index contributed by atoms with van der Waals surface area (Å²) in [5, 5.41) is 8.93. The van der Waals surface area contributed by atoms with Gasteiger partial charge in [-0.2, -0.15) is 5.10 Å². The molecule has 0 aliphatic carbocycles. The molecule has 2 aromatic carbocycles. The standard InChI is InChI=1S/C25H26N4O6/c1-15-5-6-18(9-16(15)2)28-25(32)24(31)26-13-19-7-8-20(35-19)14-27-29-23(30)17-10-21(33-3)12-22(11-17)34-4/h5-12,14H,13H2,1-4H3,(H,26,31)(H,28,32)(H,29,30)/b27-14-. The van der Waals surface area contributed by atoms with E-state index in [9.17, 15) is 14.4 Å². The van der Waals surface area contributed by atoms with Crippen molar-refractivity contribution in [1.29, 1.82) is 0 Å². The number of carbonyl (C=O) groups is 3. The molecule has 3 rings (SSSR count). The van der Waals surface area contributed by atoms with Gasteiger partial charge in [0.05, 0.1) is 27.0 Å². The summed E-state index contributed by atoms with van der Waals surface area (Å²) in [7, 11) is 2.98. The fourth-order valence-corrected chi connectivity index (χ4v) is 2.97. The number of aryl methyl sites for hydroxylation is 2. The minimum absolute atomic E-state index is 0.00296. The average Bonchev–Trinajstić information content (AvgIpc) is 3.31. The van der Waals surface area contributed by atoms with Crippen LogP contribution in [0.5, 0.6) is 11.5 Å². The smallest absolute Gasteiger partial charge is 0.313 e. The van der Waals surface area contributed by atoms with Gasteiger partial charge < -0.3 is 24.5 Å². The molecule has 0 saturated heterocycles. The molecule has 0 saturated carbocycles. The van der Waals surface area contributed by atoms with Gasteiger partial charge in [0.2, 0.25) is 0 Å². The summed E-state index contributed by atoms with van der Waals surface area (Å²) >= 11 is 0. The van der Waals surface area contributed by atoms with Crippen LogP contribution in [0.3, 0.4) is 0 Å². The van der Waals surface area contributed by atoms with E-state index in [1.54, 1.807) is 42.5 Å². The Labute approximate surface area is 202 Å². The molecule has 1 aromatic heterocycles. The van der Waals surface area contributed by atoms with E-state index < -0.39 is 17.7 Å². The maximum atomic E-state index is 12.3. The lowest BCUT2D eigenvalue weighted by Gasteiger charge is -2.07. The first-order chi connectivity index (χ1) is 16.8. The van der Waals surface area contributed by atoms with Gasteiger partial charge in [0.25, 0.3) is 5.91 Å². The number of carbonyl (C=O) groups excluding carboxylic acids is 3. The Hall–Kier alpha value is -4.60. The molecule has 0 bridgehead atoms. The van der Waals surface area contributed by atoms with Crippen molar-refractivity contribution < 1.29 is 28.3 Å². The highest BCUT2D eigenvalue weighted by Crippen LogP contribution is 2.22. The monoisotopic (exact) mass is 478 g/mol. The van der Waals surface area contributed by atoms with E-state index in [1.807, 2.05) is 19.9 Å². The lowest BCUT2D eigenvalue weighted by molar-refractivity contribution is -0.136. The summed E-state index contributed by atoms with van der Waals surface area (Å²) in [6.45, 7) is 3.88. The fraction of sp³-hybridized carbons (Fsp3) is 0.200. The molecular weight excluding hydrogens is 452 g/mol. The Kier molecular flexibility index (Phi) is 8.23. The molecule has 3 amide bonds.